The van der Waals surface area contributed by atoms with E-state index in [0.29, 0.717) is 5.56 Å². The molecule has 0 fully saturated rings. The zero-order valence-corrected chi connectivity index (χ0v) is 9.49. The fourth-order valence-electron chi connectivity index (χ4n) is 1.78. The fraction of sp³-hybridized carbons (Fsp3) is 0.333. The smallest absolute Gasteiger partial charge is 0.110 e. The molecule has 1 N–H and O–H groups in total. The number of imidazole rings is 1. The van der Waals surface area contributed by atoms with Crippen LogP contribution in [-0.4, -0.2) is 23.1 Å². The van der Waals surface area contributed by atoms with Crippen molar-refractivity contribution in [1.29, 1.82) is 5.26 Å². The third-order valence-electron chi connectivity index (χ3n) is 2.70. The molecular weight excluding hydrogens is 200 g/mol. The van der Waals surface area contributed by atoms with Crippen LogP contribution < -0.4 is 5.32 Å². The molecule has 1 heterocycles. The van der Waals surface area contributed by atoms with Crippen molar-refractivity contribution in [3.05, 3.63) is 29.6 Å². The van der Waals surface area contributed by atoms with Crippen LogP contribution in [0.2, 0.25) is 0 Å². The number of aromatic nitrogens is 2. The number of likely N-dealkylation sites (N-methyl/N-ethyl adjacent to an activating group) is 1. The van der Waals surface area contributed by atoms with Gasteiger partial charge in [0.1, 0.15) is 5.82 Å². The second-order valence-electron chi connectivity index (χ2n) is 3.76. The molecule has 0 spiro atoms. The second-order valence-corrected chi connectivity index (χ2v) is 3.76. The summed E-state index contributed by atoms with van der Waals surface area (Å²) in [5, 5.41) is 11.9. The van der Waals surface area contributed by atoms with E-state index in [1.165, 1.54) is 0 Å². The molecule has 0 saturated carbocycles. The molecule has 1 aromatic heterocycles. The molecule has 0 amide bonds. The third kappa shape index (κ3) is 1.77. The largest absolute Gasteiger partial charge is 0.331 e. The van der Waals surface area contributed by atoms with Crippen LogP contribution in [0.4, 0.5) is 0 Å². The molecule has 16 heavy (non-hydrogen) atoms. The number of rotatable bonds is 3. The van der Waals surface area contributed by atoms with Gasteiger partial charge in [-0.3, -0.25) is 0 Å². The highest BCUT2D eigenvalue weighted by atomic mass is 15.1. The minimum absolute atomic E-state index is 0.658. The summed E-state index contributed by atoms with van der Waals surface area (Å²) in [6, 6.07) is 7.73. The van der Waals surface area contributed by atoms with Gasteiger partial charge in [-0.25, -0.2) is 4.98 Å². The molecule has 0 atom stereocenters. The fourth-order valence-corrected chi connectivity index (χ4v) is 1.78. The standard InChI is InChI=1S/C12H14N4/c1-14-6-5-12-15-10-7-9(8-13)3-4-11(10)16(12)2/h3-4,7,14H,5-6H2,1-2H3. The van der Waals surface area contributed by atoms with E-state index in [2.05, 4.69) is 20.9 Å². The number of hydrogen-bond donors (Lipinski definition) is 1. The van der Waals surface area contributed by atoms with Gasteiger partial charge in [0.05, 0.1) is 22.7 Å². The summed E-state index contributed by atoms with van der Waals surface area (Å²) < 4.78 is 2.08. The number of aryl methyl sites for hydroxylation is 1. The Labute approximate surface area is 94.5 Å². The maximum Gasteiger partial charge on any atom is 0.110 e. The molecule has 4 heteroatoms. The van der Waals surface area contributed by atoms with Crippen LogP contribution in [0.15, 0.2) is 18.2 Å². The molecule has 1 aromatic carbocycles. The lowest BCUT2D eigenvalue weighted by Gasteiger charge is -2.01. The summed E-state index contributed by atoms with van der Waals surface area (Å²) >= 11 is 0. The maximum absolute atomic E-state index is 8.82. The minimum atomic E-state index is 0.658. The van der Waals surface area contributed by atoms with Crippen molar-refractivity contribution >= 4 is 11.0 Å². The predicted molar refractivity (Wildman–Crippen MR) is 63.1 cm³/mol. The molecule has 0 bridgehead atoms. The van der Waals surface area contributed by atoms with Gasteiger partial charge in [-0.1, -0.05) is 0 Å². The van der Waals surface area contributed by atoms with Crippen molar-refractivity contribution in [3.63, 3.8) is 0 Å². The third-order valence-corrected chi connectivity index (χ3v) is 2.70. The SMILES string of the molecule is CNCCc1nc2cc(C#N)ccc2n1C. The van der Waals surface area contributed by atoms with Crippen LogP contribution in [0.3, 0.4) is 0 Å². The van der Waals surface area contributed by atoms with E-state index in [9.17, 15) is 0 Å². The first-order valence-electron chi connectivity index (χ1n) is 5.26. The number of nitrogens with zero attached hydrogens (tertiary/aromatic N) is 3. The lowest BCUT2D eigenvalue weighted by molar-refractivity contribution is 0.726. The molecular formula is C12H14N4. The van der Waals surface area contributed by atoms with Gasteiger partial charge in [-0.2, -0.15) is 5.26 Å². The second kappa shape index (κ2) is 4.33. The number of fused-ring (bicyclic) bond motifs is 1. The van der Waals surface area contributed by atoms with E-state index in [1.54, 1.807) is 0 Å². The highest BCUT2D eigenvalue weighted by Crippen LogP contribution is 2.16. The summed E-state index contributed by atoms with van der Waals surface area (Å²) in [6.45, 7) is 0.905. The van der Waals surface area contributed by atoms with Gasteiger partial charge in [0.15, 0.2) is 0 Å². The molecule has 0 unspecified atom stereocenters. The van der Waals surface area contributed by atoms with Crippen LogP contribution in [0.1, 0.15) is 11.4 Å². The first-order valence-corrected chi connectivity index (χ1v) is 5.26. The van der Waals surface area contributed by atoms with Crippen LogP contribution in [0.25, 0.3) is 11.0 Å². The Balaban J connectivity index is 2.47. The summed E-state index contributed by atoms with van der Waals surface area (Å²) in [5.74, 6) is 1.04. The Hall–Kier alpha value is -1.86. The number of hydrogen-bond acceptors (Lipinski definition) is 3. The molecule has 4 nitrogen and oxygen atoms in total. The van der Waals surface area contributed by atoms with Crippen LogP contribution in [-0.2, 0) is 13.5 Å². The van der Waals surface area contributed by atoms with E-state index in [-0.39, 0.29) is 0 Å². The van der Waals surface area contributed by atoms with Gasteiger partial charge in [0.25, 0.3) is 0 Å². The highest BCUT2D eigenvalue weighted by molar-refractivity contribution is 5.77. The molecule has 0 aliphatic rings. The number of benzene rings is 1. The zero-order valence-electron chi connectivity index (χ0n) is 9.49. The van der Waals surface area contributed by atoms with Crippen LogP contribution in [0, 0.1) is 11.3 Å². The lowest BCUT2D eigenvalue weighted by atomic mass is 10.2. The van der Waals surface area contributed by atoms with Gasteiger partial charge in [-0.15, -0.1) is 0 Å². The molecule has 0 saturated heterocycles. The van der Waals surface area contributed by atoms with Crippen LogP contribution in [0.5, 0.6) is 0 Å². The highest BCUT2D eigenvalue weighted by Gasteiger charge is 2.07. The average Bonchev–Trinajstić information content (AvgIpc) is 2.63. The van der Waals surface area contributed by atoms with E-state index < -0.39 is 0 Å². The van der Waals surface area contributed by atoms with Crippen molar-refractivity contribution in [2.45, 2.75) is 6.42 Å². The number of nitrogens with one attached hydrogen (secondary N) is 1. The monoisotopic (exact) mass is 214 g/mol. The molecule has 0 aliphatic carbocycles. The first kappa shape index (κ1) is 10.7. The average molecular weight is 214 g/mol. The Morgan fingerprint density at radius 2 is 2.31 bits per heavy atom. The van der Waals surface area contributed by atoms with Crippen molar-refractivity contribution in [1.82, 2.24) is 14.9 Å². The summed E-state index contributed by atoms with van der Waals surface area (Å²) in [7, 11) is 3.93. The van der Waals surface area contributed by atoms with E-state index >= 15 is 0 Å². The lowest BCUT2D eigenvalue weighted by Crippen LogP contribution is -2.12. The maximum atomic E-state index is 8.82. The Kier molecular flexibility index (Phi) is 2.88. The molecule has 2 rings (SSSR count). The van der Waals surface area contributed by atoms with Crippen molar-refractivity contribution < 1.29 is 0 Å². The van der Waals surface area contributed by atoms with Crippen LogP contribution >= 0.6 is 0 Å². The zero-order chi connectivity index (χ0) is 11.5. The summed E-state index contributed by atoms with van der Waals surface area (Å²) in [4.78, 5) is 4.53. The van der Waals surface area contributed by atoms with Gasteiger partial charge < -0.3 is 9.88 Å². The molecule has 2 aromatic rings. The summed E-state index contributed by atoms with van der Waals surface area (Å²) in [6.07, 6.45) is 0.892. The van der Waals surface area contributed by atoms with E-state index in [0.717, 1.165) is 29.8 Å². The van der Waals surface area contributed by atoms with Gasteiger partial charge >= 0.3 is 0 Å². The van der Waals surface area contributed by atoms with Gasteiger partial charge in [0.2, 0.25) is 0 Å². The number of nitriles is 1. The predicted octanol–water partition coefficient (Wildman–Crippen LogP) is 1.21. The Bertz CT molecular complexity index is 548. The van der Waals surface area contributed by atoms with Crippen molar-refractivity contribution in [2.24, 2.45) is 7.05 Å². The molecule has 82 valence electrons. The molecule has 0 radical (unpaired) electrons. The van der Waals surface area contributed by atoms with Gasteiger partial charge in [0, 0.05) is 20.0 Å². The van der Waals surface area contributed by atoms with Crippen molar-refractivity contribution in [2.75, 3.05) is 13.6 Å². The van der Waals surface area contributed by atoms with Crippen molar-refractivity contribution in [3.8, 4) is 6.07 Å². The topological polar surface area (TPSA) is 53.6 Å². The minimum Gasteiger partial charge on any atom is -0.331 e. The first-order chi connectivity index (χ1) is 7.76. The quantitative estimate of drug-likeness (QED) is 0.835. The Morgan fingerprint density at radius 1 is 1.50 bits per heavy atom. The normalized spacial score (nSPS) is 10.6. The van der Waals surface area contributed by atoms with E-state index in [1.807, 2.05) is 32.3 Å². The van der Waals surface area contributed by atoms with E-state index in [4.69, 9.17) is 5.26 Å². The summed E-state index contributed by atoms with van der Waals surface area (Å²) in [5.41, 5.74) is 2.63. The Morgan fingerprint density at radius 3 is 3.00 bits per heavy atom. The molecule has 0 aliphatic heterocycles. The van der Waals surface area contributed by atoms with Gasteiger partial charge in [-0.05, 0) is 25.2 Å².